The smallest absolute Gasteiger partial charge is 0.323 e. The predicted octanol–water partition coefficient (Wildman–Crippen LogP) is 1.33. The molecule has 2 aliphatic rings. The number of urea groups is 1. The number of methoxy groups -OCH3 is 1. The lowest BCUT2D eigenvalue weighted by molar-refractivity contribution is -0.0640. The fourth-order valence-electron chi connectivity index (χ4n) is 2.89. The van der Waals surface area contributed by atoms with Gasteiger partial charge >= 0.3 is 6.03 Å². The zero-order valence-electron chi connectivity index (χ0n) is 14.3. The molecule has 2 amide bonds. The molecular weight excluding hydrogens is 315 g/mol. The van der Waals surface area contributed by atoms with Gasteiger partial charge in [-0.05, 0) is 32.8 Å². The Labute approximate surface area is 137 Å². The van der Waals surface area contributed by atoms with Crippen LogP contribution in [-0.2, 0) is 9.47 Å². The van der Waals surface area contributed by atoms with E-state index in [0.29, 0.717) is 17.7 Å². The summed E-state index contributed by atoms with van der Waals surface area (Å²) in [5, 5.41) is 15.9. The van der Waals surface area contributed by atoms with Crippen molar-refractivity contribution in [2.45, 2.75) is 37.3 Å². The van der Waals surface area contributed by atoms with Gasteiger partial charge in [0.15, 0.2) is 0 Å². The third kappa shape index (κ3) is 3.89. The molecule has 0 spiro atoms. The van der Waals surface area contributed by atoms with Crippen LogP contribution in [0.15, 0.2) is 24.0 Å². The number of aliphatic hydroxyl groups excluding tert-OH is 1. The summed E-state index contributed by atoms with van der Waals surface area (Å²) in [4.78, 5) is 11.3. The summed E-state index contributed by atoms with van der Waals surface area (Å²) in [5.74, 6) is 0. The van der Waals surface area contributed by atoms with Gasteiger partial charge in [0, 0.05) is 24.6 Å². The lowest BCUT2D eigenvalue weighted by atomic mass is 9.92. The standard InChI is InChI=1S/C16H27N2O4P/c1-10-11(9-17-15(20)18-10)12-13(21-3)14(19)16(2,22-12)7-8-23(4,5)6/h9,12-14,19H,1,4,7-8H2,2-3,5-6H3,(H2,17,18,20)/t12?,13-,14-,16+/m0/s1. The molecule has 130 valence electrons. The Bertz CT molecular complexity index is 583. The van der Waals surface area contributed by atoms with E-state index in [0.717, 1.165) is 6.16 Å². The van der Waals surface area contributed by atoms with Crippen molar-refractivity contribution < 1.29 is 19.4 Å². The molecule has 2 aliphatic heterocycles. The third-order valence-corrected chi connectivity index (χ3v) is 5.83. The maximum atomic E-state index is 11.3. The van der Waals surface area contributed by atoms with Crippen molar-refractivity contribution in [3.63, 3.8) is 0 Å². The molecule has 1 unspecified atom stereocenters. The number of carbonyl (C=O) groups is 1. The summed E-state index contributed by atoms with van der Waals surface area (Å²) >= 11 is 0. The summed E-state index contributed by atoms with van der Waals surface area (Å²) in [6, 6.07) is -0.336. The molecule has 0 aromatic rings. The van der Waals surface area contributed by atoms with Gasteiger partial charge in [-0.3, -0.25) is 0 Å². The van der Waals surface area contributed by atoms with E-state index >= 15 is 0 Å². The van der Waals surface area contributed by atoms with Crippen LogP contribution < -0.4 is 10.6 Å². The maximum Gasteiger partial charge on any atom is 0.323 e. The Balaban J connectivity index is 2.23. The van der Waals surface area contributed by atoms with Crippen molar-refractivity contribution >= 4 is 19.2 Å². The van der Waals surface area contributed by atoms with Gasteiger partial charge in [0.25, 0.3) is 0 Å². The number of hydrogen-bond acceptors (Lipinski definition) is 4. The molecule has 1 fully saturated rings. The van der Waals surface area contributed by atoms with Gasteiger partial charge in [-0.2, -0.15) is 0 Å². The highest BCUT2D eigenvalue weighted by atomic mass is 31.2. The molecule has 0 aromatic heterocycles. The van der Waals surface area contributed by atoms with Crippen molar-refractivity contribution in [3.05, 3.63) is 24.0 Å². The predicted molar refractivity (Wildman–Crippen MR) is 94.3 cm³/mol. The summed E-state index contributed by atoms with van der Waals surface area (Å²) in [5.41, 5.74) is 0.424. The largest absolute Gasteiger partial charge is 0.387 e. The van der Waals surface area contributed by atoms with Crippen molar-refractivity contribution in [2.75, 3.05) is 26.6 Å². The molecule has 2 heterocycles. The van der Waals surface area contributed by atoms with Gasteiger partial charge in [0.1, 0.15) is 18.3 Å². The lowest BCUT2D eigenvalue weighted by Crippen LogP contribution is -2.43. The number of aliphatic hydroxyl groups is 1. The monoisotopic (exact) mass is 342 g/mol. The van der Waals surface area contributed by atoms with E-state index in [2.05, 4.69) is 36.8 Å². The van der Waals surface area contributed by atoms with E-state index in [4.69, 9.17) is 9.47 Å². The summed E-state index contributed by atoms with van der Waals surface area (Å²) in [6.45, 7) is 8.86. The average molecular weight is 342 g/mol. The minimum atomic E-state index is -1.22. The molecule has 0 saturated carbocycles. The van der Waals surface area contributed by atoms with E-state index in [1.807, 2.05) is 6.92 Å². The highest BCUT2D eigenvalue weighted by Gasteiger charge is 2.53. The van der Waals surface area contributed by atoms with Crippen LogP contribution in [0.5, 0.6) is 0 Å². The molecule has 0 aliphatic carbocycles. The topological polar surface area (TPSA) is 79.8 Å². The number of ether oxygens (including phenoxy) is 2. The molecule has 7 heteroatoms. The van der Waals surface area contributed by atoms with E-state index in [-0.39, 0.29) is 6.03 Å². The molecular formula is C16H27N2O4P. The van der Waals surface area contributed by atoms with Gasteiger partial charge in [-0.15, -0.1) is 13.2 Å². The van der Waals surface area contributed by atoms with Crippen molar-refractivity contribution in [1.29, 1.82) is 0 Å². The second kappa shape index (κ2) is 6.44. The summed E-state index contributed by atoms with van der Waals surface area (Å²) in [7, 11) is 1.55. The van der Waals surface area contributed by atoms with Crippen LogP contribution in [-0.4, -0.2) is 68.0 Å². The molecule has 0 bridgehead atoms. The Morgan fingerprint density at radius 3 is 2.70 bits per heavy atom. The van der Waals surface area contributed by atoms with E-state index in [9.17, 15) is 9.90 Å². The van der Waals surface area contributed by atoms with Gasteiger partial charge < -0.3 is 25.2 Å². The molecule has 1 saturated heterocycles. The van der Waals surface area contributed by atoms with E-state index < -0.39 is 30.8 Å². The average Bonchev–Trinajstić information content (AvgIpc) is 2.68. The fraction of sp³-hybridized carbons (Fsp3) is 0.625. The van der Waals surface area contributed by atoms with Gasteiger partial charge in [-0.1, -0.05) is 6.58 Å². The van der Waals surface area contributed by atoms with Gasteiger partial charge in [0.05, 0.1) is 5.60 Å². The lowest BCUT2D eigenvalue weighted by Gasteiger charge is -2.30. The van der Waals surface area contributed by atoms with Gasteiger partial charge in [0.2, 0.25) is 0 Å². The Morgan fingerprint density at radius 2 is 2.17 bits per heavy atom. The van der Waals surface area contributed by atoms with Crippen LogP contribution in [0.25, 0.3) is 0 Å². The molecule has 3 N–H and O–H groups in total. The van der Waals surface area contributed by atoms with Crippen LogP contribution in [0.4, 0.5) is 4.79 Å². The maximum absolute atomic E-state index is 11.3. The van der Waals surface area contributed by atoms with Gasteiger partial charge in [-0.25, -0.2) is 4.79 Å². The zero-order valence-corrected chi connectivity index (χ0v) is 15.2. The Hall–Kier alpha value is -1.07. The van der Waals surface area contributed by atoms with Crippen molar-refractivity contribution in [1.82, 2.24) is 10.6 Å². The summed E-state index contributed by atoms with van der Waals surface area (Å²) in [6.07, 6.45) is 5.61. The first kappa shape index (κ1) is 18.3. The first-order valence-corrected chi connectivity index (χ1v) is 10.7. The van der Waals surface area contributed by atoms with E-state index in [1.165, 1.54) is 0 Å². The van der Waals surface area contributed by atoms with Crippen LogP contribution in [0.2, 0.25) is 0 Å². The number of carbonyl (C=O) groups excluding carboxylic acids is 1. The fourth-order valence-corrected chi connectivity index (χ4v) is 3.94. The molecule has 0 radical (unpaired) electrons. The molecule has 6 nitrogen and oxygen atoms in total. The molecule has 2 rings (SSSR count). The minimum Gasteiger partial charge on any atom is -0.387 e. The zero-order chi connectivity index (χ0) is 17.4. The van der Waals surface area contributed by atoms with Crippen molar-refractivity contribution in [2.24, 2.45) is 0 Å². The highest BCUT2D eigenvalue weighted by molar-refractivity contribution is 7.72. The molecule has 4 atom stereocenters. The van der Waals surface area contributed by atoms with Crippen LogP contribution in [0.1, 0.15) is 13.3 Å². The molecule has 23 heavy (non-hydrogen) atoms. The Kier molecular flexibility index (Phi) is 5.12. The first-order chi connectivity index (χ1) is 10.6. The third-order valence-electron chi connectivity index (χ3n) is 4.40. The number of hydrogen-bond donors (Lipinski definition) is 3. The quantitative estimate of drug-likeness (QED) is 0.659. The normalized spacial score (nSPS) is 34.8. The number of amides is 2. The van der Waals surface area contributed by atoms with Crippen LogP contribution in [0, 0.1) is 0 Å². The number of nitrogens with one attached hydrogen (secondary N) is 2. The van der Waals surface area contributed by atoms with Crippen molar-refractivity contribution in [3.8, 4) is 0 Å². The van der Waals surface area contributed by atoms with E-state index in [1.54, 1.807) is 13.3 Å². The first-order valence-electron chi connectivity index (χ1n) is 7.60. The Morgan fingerprint density at radius 1 is 1.52 bits per heavy atom. The SMILES string of the molecule is C=C1NC(=O)NC=C1C1O[C@](C)(CCP(=C)(C)C)[C@@H](O)[C@H]1OC. The van der Waals surface area contributed by atoms with Crippen LogP contribution >= 0.6 is 6.89 Å². The number of rotatable bonds is 5. The highest BCUT2D eigenvalue weighted by Crippen LogP contribution is 2.44. The van der Waals surface area contributed by atoms with Crippen LogP contribution in [0.3, 0.4) is 0 Å². The summed E-state index contributed by atoms with van der Waals surface area (Å²) < 4.78 is 11.7. The minimum absolute atomic E-state index is 0.336. The second-order valence-electron chi connectivity index (χ2n) is 7.08. The molecule has 0 aromatic carbocycles. The second-order valence-corrected chi connectivity index (χ2v) is 11.4.